The molecule has 16 heavy (non-hydrogen) atoms. The topological polar surface area (TPSA) is 40.5 Å². The van der Waals surface area contributed by atoms with Crippen molar-refractivity contribution in [1.29, 1.82) is 0 Å². The Hall–Kier alpha value is -1.12. The molecule has 0 heterocycles. The maximum atomic E-state index is 10.2. The van der Waals surface area contributed by atoms with Gasteiger partial charge in [-0.2, -0.15) is 0 Å². The number of aliphatic hydroxyl groups excluding tert-OH is 2. The molecule has 1 aromatic rings. The van der Waals surface area contributed by atoms with E-state index in [9.17, 15) is 10.2 Å². The number of aliphatic hydroxyl groups is 2. The van der Waals surface area contributed by atoms with Gasteiger partial charge < -0.3 is 10.2 Å². The van der Waals surface area contributed by atoms with Crippen molar-refractivity contribution in [3.8, 4) is 0 Å². The Morgan fingerprint density at radius 1 is 1.12 bits per heavy atom. The summed E-state index contributed by atoms with van der Waals surface area (Å²) in [4.78, 5) is 0. The van der Waals surface area contributed by atoms with Crippen LogP contribution in [0.1, 0.15) is 18.4 Å². The molecule has 86 valence electrons. The molecule has 2 rings (SSSR count). The zero-order chi connectivity index (χ0) is 11.5. The quantitative estimate of drug-likeness (QED) is 0.745. The minimum atomic E-state index is -0.493. The Kier molecular flexibility index (Phi) is 3.42. The molecule has 4 atom stereocenters. The van der Waals surface area contributed by atoms with E-state index in [-0.39, 0.29) is 18.4 Å². The molecule has 0 radical (unpaired) electrons. The van der Waals surface area contributed by atoms with E-state index in [1.165, 1.54) is 0 Å². The van der Waals surface area contributed by atoms with Crippen LogP contribution < -0.4 is 0 Å². The minimum Gasteiger partial charge on any atom is -0.396 e. The zero-order valence-corrected chi connectivity index (χ0v) is 9.45. The molecule has 0 fully saturated rings. The van der Waals surface area contributed by atoms with E-state index in [1.807, 2.05) is 36.4 Å². The van der Waals surface area contributed by atoms with Gasteiger partial charge in [0.25, 0.3) is 0 Å². The standard InChI is InChI=1S/C14H18O2/c1-10-7-8-12(9-15)14(16)13(10)11-5-3-2-4-6-11/h2-8,10,12-16H,9H2,1H3/t10-,12-,13+,14-/m0/s1. The number of hydrogen-bond donors (Lipinski definition) is 2. The van der Waals surface area contributed by atoms with Gasteiger partial charge in [0.05, 0.1) is 12.7 Å². The van der Waals surface area contributed by atoms with Crippen LogP contribution >= 0.6 is 0 Å². The fourth-order valence-corrected chi connectivity index (χ4v) is 2.47. The second-order valence-electron chi connectivity index (χ2n) is 4.52. The lowest BCUT2D eigenvalue weighted by molar-refractivity contribution is 0.0515. The van der Waals surface area contributed by atoms with Gasteiger partial charge in [0.2, 0.25) is 0 Å². The number of rotatable bonds is 2. The third-order valence-electron chi connectivity index (χ3n) is 3.43. The van der Waals surface area contributed by atoms with Crippen LogP contribution in [-0.2, 0) is 0 Å². The first-order valence-corrected chi connectivity index (χ1v) is 5.76. The van der Waals surface area contributed by atoms with Gasteiger partial charge in [-0.3, -0.25) is 0 Å². The average Bonchev–Trinajstić information content (AvgIpc) is 2.31. The largest absolute Gasteiger partial charge is 0.396 e. The SMILES string of the molecule is C[C@H]1C=C[C@@H](CO)[C@H](O)[C@H]1c1ccccc1. The first-order chi connectivity index (χ1) is 7.74. The smallest absolute Gasteiger partial charge is 0.0698 e. The van der Waals surface area contributed by atoms with Crippen molar-refractivity contribution in [3.63, 3.8) is 0 Å². The summed E-state index contributed by atoms with van der Waals surface area (Å²) in [5, 5.41) is 19.4. The van der Waals surface area contributed by atoms with Gasteiger partial charge in [0.1, 0.15) is 0 Å². The van der Waals surface area contributed by atoms with E-state index >= 15 is 0 Å². The van der Waals surface area contributed by atoms with Gasteiger partial charge in [0, 0.05) is 11.8 Å². The van der Waals surface area contributed by atoms with Crippen LogP contribution in [0.2, 0.25) is 0 Å². The van der Waals surface area contributed by atoms with Crippen molar-refractivity contribution in [2.24, 2.45) is 11.8 Å². The normalized spacial score (nSPS) is 33.9. The fraction of sp³-hybridized carbons (Fsp3) is 0.429. The Morgan fingerprint density at radius 3 is 2.44 bits per heavy atom. The van der Waals surface area contributed by atoms with E-state index in [2.05, 4.69) is 13.0 Å². The second-order valence-corrected chi connectivity index (χ2v) is 4.52. The molecule has 0 amide bonds. The van der Waals surface area contributed by atoms with Crippen LogP contribution in [0.5, 0.6) is 0 Å². The van der Waals surface area contributed by atoms with Crippen LogP contribution in [0.25, 0.3) is 0 Å². The van der Waals surface area contributed by atoms with Crippen LogP contribution in [0.4, 0.5) is 0 Å². The molecular weight excluding hydrogens is 200 g/mol. The molecule has 2 N–H and O–H groups in total. The highest BCUT2D eigenvalue weighted by Crippen LogP contribution is 2.36. The highest BCUT2D eigenvalue weighted by Gasteiger charge is 2.33. The summed E-state index contributed by atoms with van der Waals surface area (Å²) in [6.07, 6.45) is 3.52. The molecule has 1 aliphatic carbocycles. The molecule has 0 saturated carbocycles. The molecule has 1 aromatic carbocycles. The highest BCUT2D eigenvalue weighted by molar-refractivity contribution is 5.25. The maximum Gasteiger partial charge on any atom is 0.0698 e. The molecule has 0 bridgehead atoms. The van der Waals surface area contributed by atoms with E-state index in [0.29, 0.717) is 5.92 Å². The van der Waals surface area contributed by atoms with Gasteiger partial charge >= 0.3 is 0 Å². The maximum absolute atomic E-state index is 10.2. The predicted molar refractivity (Wildman–Crippen MR) is 64.1 cm³/mol. The van der Waals surface area contributed by atoms with Gasteiger partial charge in [-0.1, -0.05) is 49.4 Å². The lowest BCUT2D eigenvalue weighted by atomic mass is 9.74. The first kappa shape index (κ1) is 11.4. The fourth-order valence-electron chi connectivity index (χ4n) is 2.47. The summed E-state index contributed by atoms with van der Waals surface area (Å²) in [5.41, 5.74) is 1.14. The molecule has 0 unspecified atom stereocenters. The molecule has 0 saturated heterocycles. The monoisotopic (exact) mass is 218 g/mol. The Bertz CT molecular complexity index is 358. The Morgan fingerprint density at radius 2 is 1.81 bits per heavy atom. The summed E-state index contributed by atoms with van der Waals surface area (Å²) >= 11 is 0. The van der Waals surface area contributed by atoms with Gasteiger partial charge in [-0.05, 0) is 11.5 Å². The van der Waals surface area contributed by atoms with E-state index < -0.39 is 6.10 Å². The minimum absolute atomic E-state index is 0.00766. The molecule has 0 aromatic heterocycles. The average molecular weight is 218 g/mol. The third-order valence-corrected chi connectivity index (χ3v) is 3.43. The first-order valence-electron chi connectivity index (χ1n) is 5.76. The van der Waals surface area contributed by atoms with Crippen LogP contribution in [0.15, 0.2) is 42.5 Å². The van der Waals surface area contributed by atoms with Crippen LogP contribution in [-0.4, -0.2) is 22.9 Å². The Labute approximate surface area is 96.2 Å². The van der Waals surface area contributed by atoms with Crippen molar-refractivity contribution >= 4 is 0 Å². The highest BCUT2D eigenvalue weighted by atomic mass is 16.3. The van der Waals surface area contributed by atoms with Crippen molar-refractivity contribution < 1.29 is 10.2 Å². The third kappa shape index (κ3) is 2.04. The van der Waals surface area contributed by atoms with Crippen molar-refractivity contribution in [1.82, 2.24) is 0 Å². The van der Waals surface area contributed by atoms with Gasteiger partial charge in [0.15, 0.2) is 0 Å². The summed E-state index contributed by atoms with van der Waals surface area (Å²) in [7, 11) is 0. The lowest BCUT2D eigenvalue weighted by Crippen LogP contribution is -2.35. The molecular formula is C14H18O2. The van der Waals surface area contributed by atoms with E-state index in [4.69, 9.17) is 0 Å². The molecule has 2 nitrogen and oxygen atoms in total. The number of hydrogen-bond acceptors (Lipinski definition) is 2. The summed E-state index contributed by atoms with van der Waals surface area (Å²) in [6, 6.07) is 10.0. The number of allylic oxidation sites excluding steroid dienone is 1. The van der Waals surface area contributed by atoms with Gasteiger partial charge in [-0.15, -0.1) is 0 Å². The summed E-state index contributed by atoms with van der Waals surface area (Å²) < 4.78 is 0. The molecule has 0 aliphatic heterocycles. The van der Waals surface area contributed by atoms with Crippen molar-refractivity contribution in [2.45, 2.75) is 18.9 Å². The Balaban J connectivity index is 2.30. The molecule has 1 aliphatic rings. The zero-order valence-electron chi connectivity index (χ0n) is 9.45. The van der Waals surface area contributed by atoms with E-state index in [0.717, 1.165) is 5.56 Å². The molecule has 2 heteroatoms. The summed E-state index contributed by atoms with van der Waals surface area (Å²) in [6.45, 7) is 2.11. The summed E-state index contributed by atoms with van der Waals surface area (Å²) in [5.74, 6) is 0.255. The predicted octanol–water partition coefficient (Wildman–Crippen LogP) is 1.95. The van der Waals surface area contributed by atoms with Gasteiger partial charge in [-0.25, -0.2) is 0 Å². The van der Waals surface area contributed by atoms with Crippen LogP contribution in [0, 0.1) is 11.8 Å². The van der Waals surface area contributed by atoms with Crippen molar-refractivity contribution in [3.05, 3.63) is 48.0 Å². The van der Waals surface area contributed by atoms with Crippen molar-refractivity contribution in [2.75, 3.05) is 6.61 Å². The molecule has 0 spiro atoms. The lowest BCUT2D eigenvalue weighted by Gasteiger charge is -2.34. The van der Waals surface area contributed by atoms with Crippen LogP contribution in [0.3, 0.4) is 0 Å². The van der Waals surface area contributed by atoms with E-state index in [1.54, 1.807) is 0 Å². The second kappa shape index (κ2) is 4.81. The number of benzene rings is 1.